The molecule has 0 spiro atoms. The minimum atomic E-state index is -10.7. The maximum atomic E-state index is 13.2. The first-order chi connectivity index (χ1) is 22.0. The van der Waals surface area contributed by atoms with Crippen LogP contribution in [0.2, 0.25) is 0 Å². The number of nitrogens with zero attached hydrogens (tertiary/aromatic N) is 4. The van der Waals surface area contributed by atoms with E-state index in [1.54, 1.807) is 61.2 Å². The van der Waals surface area contributed by atoms with Crippen LogP contribution in [0.1, 0.15) is 11.4 Å². The van der Waals surface area contributed by atoms with Crippen molar-refractivity contribution in [2.75, 3.05) is 0 Å². The van der Waals surface area contributed by atoms with Gasteiger partial charge in [-0.05, 0) is 60.7 Å². The third-order valence-corrected chi connectivity index (χ3v) is 5.15. The Morgan fingerprint density at radius 3 is 0.938 bits per heavy atom. The summed E-state index contributed by atoms with van der Waals surface area (Å²) in [6, 6.07) is 21.8. The van der Waals surface area contributed by atoms with Crippen molar-refractivity contribution in [2.24, 2.45) is 0 Å². The summed E-state index contributed by atoms with van der Waals surface area (Å²) in [7, 11) is -10.7. The maximum Gasteiger partial charge on any atom is 0.0886 e. The summed E-state index contributed by atoms with van der Waals surface area (Å²) in [4.78, 5) is 16.3. The van der Waals surface area contributed by atoms with Gasteiger partial charge in [-0.25, -0.2) is 17.6 Å². The summed E-state index contributed by atoms with van der Waals surface area (Å²) in [6.07, 6.45) is 9.15. The predicted molar refractivity (Wildman–Crippen MR) is 160 cm³/mol. The van der Waals surface area contributed by atoms with Crippen LogP contribution in [-0.4, -0.2) is 19.9 Å². The van der Waals surface area contributed by atoms with Crippen molar-refractivity contribution in [1.29, 1.82) is 0 Å². The molecular formula is C32H20F10IrN4P-. The third kappa shape index (κ3) is 15.9. The number of halogens is 10. The molecule has 4 aromatic rings. The molecule has 0 unspecified atom stereocenters. The fourth-order valence-electron chi connectivity index (χ4n) is 3.33. The Labute approximate surface area is 281 Å². The number of pyridine rings is 4. The Morgan fingerprint density at radius 2 is 0.708 bits per heavy atom. The Kier molecular flexibility index (Phi) is 13.7. The summed E-state index contributed by atoms with van der Waals surface area (Å²) < 4.78 is 111. The molecule has 0 atom stereocenters. The summed E-state index contributed by atoms with van der Waals surface area (Å²) in [5, 5.41) is 0. The maximum absolute atomic E-state index is 13.2. The van der Waals surface area contributed by atoms with Crippen molar-refractivity contribution < 1.29 is 62.8 Å². The second-order valence-corrected chi connectivity index (χ2v) is 10.8. The van der Waals surface area contributed by atoms with Crippen LogP contribution in [0.3, 0.4) is 0 Å². The fraction of sp³-hybridized carbons (Fsp3) is 0. The molecule has 6 rings (SSSR count). The first-order valence-corrected chi connectivity index (χ1v) is 14.9. The van der Waals surface area contributed by atoms with Crippen molar-refractivity contribution in [1.82, 2.24) is 19.9 Å². The molecule has 0 aliphatic heterocycles. The van der Waals surface area contributed by atoms with Crippen LogP contribution >= 0.6 is 7.81 Å². The first kappa shape index (κ1) is 39.7. The number of aromatic nitrogens is 4. The normalized spacial score (nSPS) is 15.4. The van der Waals surface area contributed by atoms with Gasteiger partial charge in [-0.2, -0.15) is 0 Å². The van der Waals surface area contributed by atoms with E-state index < -0.39 is 31.8 Å². The number of rotatable bonds is 3. The fourth-order valence-corrected chi connectivity index (χ4v) is 3.33. The Hall–Kier alpha value is -4.50. The van der Waals surface area contributed by atoms with Gasteiger partial charge in [-0.15, -0.1) is 11.5 Å². The van der Waals surface area contributed by atoms with Gasteiger partial charge in [0.2, 0.25) is 12.3 Å². The zero-order chi connectivity index (χ0) is 34.6. The smallest absolute Gasteiger partial charge is 0.0886 e. The van der Waals surface area contributed by atoms with E-state index >= 15 is 0 Å². The van der Waals surface area contributed by atoms with E-state index in [-0.39, 0.29) is 31.3 Å². The molecule has 4 aromatic heterocycles. The predicted octanol–water partition coefficient (Wildman–Crippen LogP) is 11.5. The van der Waals surface area contributed by atoms with E-state index in [1.807, 2.05) is 36.4 Å². The number of allylic oxidation sites excluding steroid dienone is 6. The second-order valence-electron chi connectivity index (χ2n) is 8.90. The Morgan fingerprint density at radius 1 is 0.438 bits per heavy atom. The molecule has 0 saturated heterocycles. The molecule has 4 nitrogen and oxygen atoms in total. The zero-order valence-electron chi connectivity index (χ0n) is 23.9. The topological polar surface area (TPSA) is 51.6 Å². The quantitative estimate of drug-likeness (QED) is 0.117. The van der Waals surface area contributed by atoms with Crippen LogP contribution in [0.15, 0.2) is 145 Å². The Balaban J connectivity index is 0.000000227. The van der Waals surface area contributed by atoms with Crippen molar-refractivity contribution in [3.63, 3.8) is 0 Å². The van der Waals surface area contributed by atoms with E-state index in [0.717, 1.165) is 35.7 Å². The number of hydrogen-bond donors (Lipinski definition) is 0. The molecule has 3 radical (unpaired) electrons. The first-order valence-electron chi connectivity index (χ1n) is 12.9. The summed E-state index contributed by atoms with van der Waals surface area (Å²) in [5.41, 5.74) is 8.12. The summed E-state index contributed by atoms with van der Waals surface area (Å²) in [5.74, 6) is -1.27. The molecule has 16 heteroatoms. The SMILES string of the molecule is F[C]1C=C(F)C=C=C1c1ccccn1.F[C]1C=C(F)C=C=C1c1ccccn1.F[P-](F)(F)(F)(F)F.[Ir].c1ccc(-c2ccccn2)nc1. The third-order valence-electron chi connectivity index (χ3n) is 5.15. The molecule has 0 aromatic carbocycles. The molecular weight excluding hydrogens is 854 g/mol. The summed E-state index contributed by atoms with van der Waals surface area (Å²) in [6.45, 7) is 0. The summed E-state index contributed by atoms with van der Waals surface area (Å²) >= 11 is 0. The van der Waals surface area contributed by atoms with Crippen molar-refractivity contribution >= 4 is 19.0 Å². The van der Waals surface area contributed by atoms with Gasteiger partial charge >= 0.3 is 33.0 Å². The average Bonchev–Trinajstić information content (AvgIpc) is 3.02. The Bertz CT molecular complexity index is 1690. The van der Waals surface area contributed by atoms with Gasteiger partial charge in [-0.3, -0.25) is 19.9 Å². The van der Waals surface area contributed by atoms with E-state index in [4.69, 9.17) is 0 Å². The van der Waals surface area contributed by atoms with Crippen LogP contribution in [0.4, 0.5) is 42.7 Å². The monoisotopic (exact) mass is 874 g/mol. The second kappa shape index (κ2) is 16.6. The molecule has 0 fully saturated rings. The molecule has 2 aliphatic rings. The van der Waals surface area contributed by atoms with Gasteiger partial charge in [-0.1, -0.05) is 24.3 Å². The van der Waals surface area contributed by atoms with Crippen molar-refractivity contribution in [2.45, 2.75) is 0 Å². The average molecular weight is 874 g/mol. The molecule has 0 amide bonds. The van der Waals surface area contributed by atoms with Gasteiger partial charge in [0.1, 0.15) is 11.7 Å². The molecule has 2 aliphatic carbocycles. The zero-order valence-corrected chi connectivity index (χ0v) is 27.2. The van der Waals surface area contributed by atoms with Crippen LogP contribution in [0.5, 0.6) is 0 Å². The van der Waals surface area contributed by atoms with Gasteiger partial charge in [0.25, 0.3) is 0 Å². The standard InChI is InChI=1S/2C11H6F2N.C10H8N2.F6P.Ir/c2*12-8-4-5-9(10(13)7-8)11-3-1-2-6-14-11;1-3-7-11-9(5-1)10-6-2-4-8-12-10;1-7(2,3,4,5)6;/h2*1-4,6-7H;1-8H;;/q;;;-1;. The van der Waals surface area contributed by atoms with Gasteiger partial charge in [0.15, 0.2) is 0 Å². The minimum absolute atomic E-state index is 0. The van der Waals surface area contributed by atoms with Gasteiger partial charge in [0, 0.05) is 57.0 Å². The molecule has 0 saturated carbocycles. The van der Waals surface area contributed by atoms with Crippen LogP contribution in [0, 0.1) is 12.3 Å². The molecule has 48 heavy (non-hydrogen) atoms. The van der Waals surface area contributed by atoms with Crippen molar-refractivity contribution in [3.05, 3.63) is 169 Å². The van der Waals surface area contributed by atoms with E-state index in [9.17, 15) is 42.7 Å². The number of hydrogen-bond acceptors (Lipinski definition) is 4. The van der Waals surface area contributed by atoms with E-state index in [0.29, 0.717) is 11.4 Å². The molecule has 0 bridgehead atoms. The van der Waals surface area contributed by atoms with E-state index in [2.05, 4.69) is 31.4 Å². The van der Waals surface area contributed by atoms with Crippen molar-refractivity contribution in [3.8, 4) is 11.4 Å². The molecule has 0 N–H and O–H groups in total. The van der Waals surface area contributed by atoms with Crippen LogP contribution in [-0.2, 0) is 20.1 Å². The van der Waals surface area contributed by atoms with Crippen LogP contribution < -0.4 is 0 Å². The molecule has 253 valence electrons. The largest absolute Gasteiger partial charge is 0.255 e. The van der Waals surface area contributed by atoms with Gasteiger partial charge in [0.05, 0.1) is 33.9 Å². The van der Waals surface area contributed by atoms with Gasteiger partial charge < -0.3 is 0 Å². The van der Waals surface area contributed by atoms with E-state index in [1.165, 1.54) is 0 Å². The van der Waals surface area contributed by atoms with Crippen LogP contribution in [0.25, 0.3) is 22.5 Å². The molecule has 4 heterocycles. The minimum Gasteiger partial charge on any atom is -0.255 e.